The molecule has 1 fully saturated rings. The molecule has 2 N–H and O–H groups in total. The van der Waals surface area contributed by atoms with E-state index < -0.39 is 17.1 Å². The summed E-state index contributed by atoms with van der Waals surface area (Å²) in [6.07, 6.45) is 0. The van der Waals surface area contributed by atoms with Crippen LogP contribution in [0.1, 0.15) is 16.4 Å². The second-order valence-corrected chi connectivity index (χ2v) is 12.6. The zero-order valence-electron chi connectivity index (χ0n) is 20.4. The van der Waals surface area contributed by atoms with E-state index in [-0.39, 0.29) is 29.2 Å². The van der Waals surface area contributed by atoms with Gasteiger partial charge in [-0.15, -0.1) is 0 Å². The third kappa shape index (κ3) is 4.98. The van der Waals surface area contributed by atoms with Gasteiger partial charge in [0.25, 0.3) is 5.91 Å². The van der Waals surface area contributed by atoms with Gasteiger partial charge in [0.2, 0.25) is 11.8 Å². The number of imide groups is 1. The zero-order valence-corrected chi connectivity index (χ0v) is 24.4. The van der Waals surface area contributed by atoms with Crippen LogP contribution in [-0.2, 0) is 14.4 Å². The SMILES string of the molecule is O=C(COc1ccc(Br)cc1C1c2sc(=O)[nH]c2SC2C(=O)N(c3ccccc3)C(=O)C21)Nc1ccc(Cl)cc1. The smallest absolute Gasteiger partial charge is 0.305 e. The molecule has 0 spiro atoms. The summed E-state index contributed by atoms with van der Waals surface area (Å²) in [6.45, 7) is -0.300. The molecule has 0 aliphatic carbocycles. The minimum atomic E-state index is -0.781. The number of H-pyrrole nitrogens is 1. The number of hydrogen-bond acceptors (Lipinski definition) is 7. The number of aromatic amines is 1. The first-order valence-electron chi connectivity index (χ1n) is 12.1. The predicted octanol–water partition coefficient (Wildman–Crippen LogP) is 5.67. The Labute approximate surface area is 249 Å². The molecule has 6 rings (SSSR count). The third-order valence-corrected chi connectivity index (χ3v) is 9.78. The fourth-order valence-corrected chi connectivity index (χ4v) is 7.96. The number of amides is 3. The summed E-state index contributed by atoms with van der Waals surface area (Å²) >= 11 is 11.6. The van der Waals surface area contributed by atoms with Gasteiger partial charge in [-0.3, -0.25) is 19.2 Å². The maximum Gasteiger partial charge on any atom is 0.305 e. The Morgan fingerprint density at radius 2 is 1.77 bits per heavy atom. The number of thiazole rings is 1. The van der Waals surface area contributed by atoms with Crippen LogP contribution in [0.3, 0.4) is 0 Å². The van der Waals surface area contributed by atoms with Crippen molar-refractivity contribution in [3.05, 3.63) is 102 Å². The highest BCUT2D eigenvalue weighted by Gasteiger charge is 2.56. The Morgan fingerprint density at radius 1 is 1.02 bits per heavy atom. The van der Waals surface area contributed by atoms with Crippen molar-refractivity contribution in [2.45, 2.75) is 16.2 Å². The van der Waals surface area contributed by atoms with Gasteiger partial charge in [0.15, 0.2) is 6.61 Å². The van der Waals surface area contributed by atoms with Crippen LogP contribution in [0.25, 0.3) is 0 Å². The van der Waals surface area contributed by atoms with E-state index in [9.17, 15) is 19.2 Å². The number of anilines is 2. The van der Waals surface area contributed by atoms with E-state index in [1.54, 1.807) is 66.7 Å². The number of aromatic nitrogens is 1. The van der Waals surface area contributed by atoms with E-state index in [4.69, 9.17) is 16.3 Å². The first kappa shape index (κ1) is 26.8. The van der Waals surface area contributed by atoms with Gasteiger partial charge < -0.3 is 15.0 Å². The topological polar surface area (TPSA) is 109 Å². The lowest BCUT2D eigenvalue weighted by molar-refractivity contribution is -0.122. The standard InChI is InChI=1S/C28H19BrClN3O5S2/c29-14-6-11-19(38-13-20(34)31-16-9-7-15(30)8-10-16)18(12-14)21-22-24(39-25-23(21)40-28(37)32-25)27(36)33(26(22)35)17-4-2-1-3-5-17/h1-12,21-22,24H,13H2,(H,31,34)(H,32,37). The van der Waals surface area contributed by atoms with Crippen LogP contribution >= 0.6 is 50.6 Å². The fraction of sp³-hybridized carbons (Fsp3) is 0.143. The van der Waals surface area contributed by atoms with Crippen LogP contribution < -0.4 is 19.8 Å². The minimum absolute atomic E-state index is 0.276. The number of rotatable bonds is 6. The summed E-state index contributed by atoms with van der Waals surface area (Å²) in [4.78, 5) is 57.1. The molecule has 1 aromatic heterocycles. The third-order valence-electron chi connectivity index (χ3n) is 6.63. The van der Waals surface area contributed by atoms with Crippen LogP contribution in [-0.4, -0.2) is 34.6 Å². The Morgan fingerprint density at radius 3 is 2.52 bits per heavy atom. The van der Waals surface area contributed by atoms with Crippen molar-refractivity contribution in [1.29, 1.82) is 0 Å². The highest BCUT2D eigenvalue weighted by Crippen LogP contribution is 2.54. The molecule has 12 heteroatoms. The number of carbonyl (C=O) groups excluding carboxylic acids is 3. The van der Waals surface area contributed by atoms with Crippen LogP contribution in [0.5, 0.6) is 5.75 Å². The largest absolute Gasteiger partial charge is 0.483 e. The number of ether oxygens (including phenoxy) is 1. The van der Waals surface area contributed by atoms with Gasteiger partial charge in [-0.05, 0) is 54.6 Å². The Hall–Kier alpha value is -3.38. The number of para-hydroxylation sites is 1. The maximum atomic E-state index is 13.9. The molecule has 40 heavy (non-hydrogen) atoms. The summed E-state index contributed by atoms with van der Waals surface area (Å²) in [5, 5.41) is 3.13. The first-order chi connectivity index (χ1) is 19.3. The number of carbonyl (C=O) groups is 3. The van der Waals surface area contributed by atoms with E-state index in [1.807, 2.05) is 6.07 Å². The number of benzene rings is 3. The molecular weight excluding hydrogens is 638 g/mol. The lowest BCUT2D eigenvalue weighted by atomic mass is 9.82. The molecule has 0 radical (unpaired) electrons. The van der Waals surface area contributed by atoms with Gasteiger partial charge in [0.1, 0.15) is 11.0 Å². The Balaban J connectivity index is 1.36. The minimum Gasteiger partial charge on any atom is -0.483 e. The van der Waals surface area contributed by atoms with Gasteiger partial charge in [-0.1, -0.05) is 68.8 Å². The highest BCUT2D eigenvalue weighted by atomic mass is 79.9. The number of thioether (sulfide) groups is 1. The van der Waals surface area contributed by atoms with Crippen molar-refractivity contribution >= 4 is 79.7 Å². The number of nitrogens with one attached hydrogen (secondary N) is 2. The number of halogens is 2. The molecule has 8 nitrogen and oxygen atoms in total. The van der Waals surface area contributed by atoms with Crippen LogP contribution in [0.15, 0.2) is 87.1 Å². The number of hydrogen-bond donors (Lipinski definition) is 2. The molecule has 3 atom stereocenters. The zero-order chi connectivity index (χ0) is 28.0. The van der Waals surface area contributed by atoms with Crippen molar-refractivity contribution in [3.63, 3.8) is 0 Å². The first-order valence-corrected chi connectivity index (χ1v) is 15.0. The van der Waals surface area contributed by atoms with Gasteiger partial charge in [-0.2, -0.15) is 0 Å². The normalized spacial score (nSPS) is 19.8. The van der Waals surface area contributed by atoms with E-state index in [1.165, 1.54) is 16.7 Å². The molecular formula is C28H19BrClN3O5S2. The van der Waals surface area contributed by atoms with Gasteiger partial charge in [-0.25, -0.2) is 4.90 Å². The summed E-state index contributed by atoms with van der Waals surface area (Å²) in [5.74, 6) is -2.14. The van der Waals surface area contributed by atoms with E-state index in [2.05, 4.69) is 26.2 Å². The Kier molecular flexibility index (Phi) is 7.30. The molecule has 2 aliphatic rings. The lowest BCUT2D eigenvalue weighted by Crippen LogP contribution is -2.32. The summed E-state index contributed by atoms with van der Waals surface area (Å²) in [6, 6.07) is 20.8. The highest BCUT2D eigenvalue weighted by molar-refractivity contribution is 9.10. The molecule has 2 aliphatic heterocycles. The molecule has 3 heterocycles. The average Bonchev–Trinajstić information content (AvgIpc) is 3.43. The molecule has 0 bridgehead atoms. The lowest BCUT2D eigenvalue weighted by Gasteiger charge is -2.31. The summed E-state index contributed by atoms with van der Waals surface area (Å²) in [7, 11) is 0. The van der Waals surface area contributed by atoms with Crippen molar-refractivity contribution in [3.8, 4) is 5.75 Å². The van der Waals surface area contributed by atoms with Crippen LogP contribution in [0.4, 0.5) is 11.4 Å². The molecule has 4 aromatic rings. The van der Waals surface area contributed by atoms with Crippen molar-refractivity contribution in [1.82, 2.24) is 4.98 Å². The summed E-state index contributed by atoms with van der Waals surface area (Å²) < 4.78 is 6.71. The van der Waals surface area contributed by atoms with Gasteiger partial charge in [0.05, 0.1) is 16.6 Å². The van der Waals surface area contributed by atoms with Crippen molar-refractivity contribution in [2.24, 2.45) is 5.92 Å². The van der Waals surface area contributed by atoms with E-state index in [0.717, 1.165) is 15.8 Å². The fourth-order valence-electron chi connectivity index (χ4n) is 4.95. The van der Waals surface area contributed by atoms with Gasteiger partial charge >= 0.3 is 4.87 Å². The Bertz CT molecular complexity index is 1690. The molecule has 1 saturated heterocycles. The molecule has 3 unspecified atom stereocenters. The van der Waals surface area contributed by atoms with Crippen LogP contribution in [0.2, 0.25) is 5.02 Å². The molecule has 202 valence electrons. The predicted molar refractivity (Wildman–Crippen MR) is 159 cm³/mol. The van der Waals surface area contributed by atoms with E-state index in [0.29, 0.717) is 37.6 Å². The number of fused-ring (bicyclic) bond motifs is 2. The second kappa shape index (κ2) is 10.9. The maximum absolute atomic E-state index is 13.9. The van der Waals surface area contributed by atoms with Crippen molar-refractivity contribution in [2.75, 3.05) is 16.8 Å². The van der Waals surface area contributed by atoms with Crippen molar-refractivity contribution < 1.29 is 19.1 Å². The monoisotopic (exact) mass is 655 g/mol. The quantitative estimate of drug-likeness (QED) is 0.259. The second-order valence-electron chi connectivity index (χ2n) is 9.12. The van der Waals surface area contributed by atoms with Gasteiger partial charge in [0, 0.05) is 31.5 Å². The molecule has 3 amide bonds. The molecule has 3 aromatic carbocycles. The van der Waals surface area contributed by atoms with Crippen LogP contribution in [0, 0.1) is 5.92 Å². The number of nitrogens with zero attached hydrogens (tertiary/aromatic N) is 1. The summed E-state index contributed by atoms with van der Waals surface area (Å²) in [5.41, 5.74) is 1.66. The van der Waals surface area contributed by atoms with E-state index >= 15 is 0 Å². The molecule has 0 saturated carbocycles. The average molecular weight is 657 g/mol.